The van der Waals surface area contributed by atoms with E-state index in [9.17, 15) is 0 Å². The van der Waals surface area contributed by atoms with Gasteiger partial charge in [0.1, 0.15) is 0 Å². The number of thiophene rings is 1. The number of nitrogens with one attached hydrogen (secondary N) is 1. The fraction of sp³-hybridized carbons (Fsp3) is 0.500. The van der Waals surface area contributed by atoms with Crippen molar-refractivity contribution in [2.24, 2.45) is 0 Å². The van der Waals surface area contributed by atoms with Crippen LogP contribution < -0.4 is 5.32 Å². The quantitative estimate of drug-likeness (QED) is 0.732. The van der Waals surface area contributed by atoms with Gasteiger partial charge in [-0.3, -0.25) is 5.32 Å². The average molecular weight is 207 g/mol. The van der Waals surface area contributed by atoms with Crippen molar-refractivity contribution in [2.75, 3.05) is 0 Å². The Kier molecular flexibility index (Phi) is 4.72. The number of aryl methyl sites for hydroxylation is 1. The zero-order valence-electron chi connectivity index (χ0n) is 8.84. The van der Waals surface area contributed by atoms with Gasteiger partial charge in [0.25, 0.3) is 0 Å². The van der Waals surface area contributed by atoms with E-state index in [0.717, 1.165) is 19.4 Å². The molecule has 0 bridgehead atoms. The molecule has 0 aliphatic rings. The van der Waals surface area contributed by atoms with Gasteiger partial charge in [-0.1, -0.05) is 19.8 Å². The number of hydrogen-bond acceptors (Lipinski definition) is 2. The SMILES string of the molecule is C#CC(CC)NCc1ccc(CC)s1. The summed E-state index contributed by atoms with van der Waals surface area (Å²) in [6, 6.07) is 4.58. The van der Waals surface area contributed by atoms with Crippen LogP contribution in [0.4, 0.5) is 0 Å². The lowest BCUT2D eigenvalue weighted by molar-refractivity contribution is 0.597. The summed E-state index contributed by atoms with van der Waals surface area (Å²) in [6.45, 7) is 5.18. The first-order chi connectivity index (χ1) is 6.80. The van der Waals surface area contributed by atoms with Gasteiger partial charge in [0.2, 0.25) is 0 Å². The van der Waals surface area contributed by atoms with Crippen molar-refractivity contribution < 1.29 is 0 Å². The Labute approximate surface area is 90.5 Å². The molecule has 1 atom stereocenters. The lowest BCUT2D eigenvalue weighted by Gasteiger charge is -2.08. The van der Waals surface area contributed by atoms with Gasteiger partial charge < -0.3 is 0 Å². The molecule has 0 fully saturated rings. The van der Waals surface area contributed by atoms with Gasteiger partial charge in [0.15, 0.2) is 0 Å². The molecule has 0 aliphatic carbocycles. The van der Waals surface area contributed by atoms with Crippen LogP contribution in [0.1, 0.15) is 30.0 Å². The normalized spacial score (nSPS) is 12.4. The fourth-order valence-electron chi connectivity index (χ4n) is 1.25. The molecule has 1 unspecified atom stereocenters. The third kappa shape index (κ3) is 3.17. The molecule has 1 aromatic heterocycles. The summed E-state index contributed by atoms with van der Waals surface area (Å²) in [6.07, 6.45) is 7.48. The summed E-state index contributed by atoms with van der Waals surface area (Å²) in [7, 11) is 0. The first-order valence-corrected chi connectivity index (χ1v) is 5.88. The Balaban J connectivity index is 2.41. The Morgan fingerprint density at radius 3 is 2.64 bits per heavy atom. The van der Waals surface area contributed by atoms with Crippen molar-refractivity contribution in [2.45, 2.75) is 39.3 Å². The highest BCUT2D eigenvalue weighted by Crippen LogP contribution is 2.16. The lowest BCUT2D eigenvalue weighted by Crippen LogP contribution is -2.25. The molecule has 1 rings (SSSR count). The molecule has 0 saturated heterocycles. The van der Waals surface area contributed by atoms with Crippen molar-refractivity contribution in [1.82, 2.24) is 5.32 Å². The van der Waals surface area contributed by atoms with E-state index in [0.29, 0.717) is 0 Å². The smallest absolute Gasteiger partial charge is 0.0687 e. The van der Waals surface area contributed by atoms with Crippen molar-refractivity contribution in [3.05, 3.63) is 21.9 Å². The maximum absolute atomic E-state index is 5.37. The largest absolute Gasteiger partial charge is 0.299 e. The average Bonchev–Trinajstić information content (AvgIpc) is 2.67. The van der Waals surface area contributed by atoms with E-state index in [1.165, 1.54) is 9.75 Å². The highest BCUT2D eigenvalue weighted by atomic mass is 32.1. The standard InChI is InChI=1S/C12H17NS/c1-4-10(5-2)13-9-12-8-7-11(6-3)14-12/h1,7-8,10,13H,5-6,9H2,2-3H3. The van der Waals surface area contributed by atoms with Crippen molar-refractivity contribution in [3.63, 3.8) is 0 Å². The zero-order chi connectivity index (χ0) is 10.4. The molecule has 1 nitrogen and oxygen atoms in total. The van der Waals surface area contributed by atoms with Gasteiger partial charge in [-0.25, -0.2) is 0 Å². The topological polar surface area (TPSA) is 12.0 Å². The predicted octanol–water partition coefficient (Wildman–Crippen LogP) is 2.81. The minimum Gasteiger partial charge on any atom is -0.299 e. The van der Waals surface area contributed by atoms with Crippen LogP contribution in [-0.4, -0.2) is 6.04 Å². The molecular formula is C12H17NS. The van der Waals surface area contributed by atoms with Gasteiger partial charge in [-0.05, 0) is 25.0 Å². The van der Waals surface area contributed by atoms with E-state index >= 15 is 0 Å². The molecule has 0 radical (unpaired) electrons. The van der Waals surface area contributed by atoms with Crippen LogP contribution in [0.2, 0.25) is 0 Å². The molecule has 1 aromatic rings. The van der Waals surface area contributed by atoms with E-state index < -0.39 is 0 Å². The van der Waals surface area contributed by atoms with Gasteiger partial charge in [-0.15, -0.1) is 17.8 Å². The highest BCUT2D eigenvalue weighted by molar-refractivity contribution is 7.11. The number of rotatable bonds is 5. The van der Waals surface area contributed by atoms with Crippen LogP contribution >= 0.6 is 11.3 Å². The van der Waals surface area contributed by atoms with E-state index in [2.05, 4.69) is 37.2 Å². The molecule has 2 heteroatoms. The minimum atomic E-state index is 0.210. The van der Waals surface area contributed by atoms with Crippen molar-refractivity contribution in [1.29, 1.82) is 0 Å². The van der Waals surface area contributed by atoms with Gasteiger partial charge >= 0.3 is 0 Å². The van der Waals surface area contributed by atoms with Crippen LogP contribution in [0.3, 0.4) is 0 Å². The fourth-order valence-corrected chi connectivity index (χ4v) is 2.16. The maximum atomic E-state index is 5.37. The van der Waals surface area contributed by atoms with Crippen LogP contribution in [0, 0.1) is 12.3 Å². The van der Waals surface area contributed by atoms with E-state index in [4.69, 9.17) is 6.42 Å². The summed E-state index contributed by atoms with van der Waals surface area (Å²) in [5.41, 5.74) is 0. The van der Waals surface area contributed by atoms with Crippen LogP contribution in [0.5, 0.6) is 0 Å². The number of terminal acetylenes is 1. The first kappa shape index (κ1) is 11.3. The third-order valence-electron chi connectivity index (χ3n) is 2.20. The van der Waals surface area contributed by atoms with Gasteiger partial charge in [-0.2, -0.15) is 0 Å². The Morgan fingerprint density at radius 1 is 1.43 bits per heavy atom. The molecule has 0 aliphatic heterocycles. The molecule has 0 spiro atoms. The summed E-state index contributed by atoms with van der Waals surface area (Å²) in [5, 5.41) is 3.35. The zero-order valence-corrected chi connectivity index (χ0v) is 9.66. The molecular weight excluding hydrogens is 190 g/mol. The van der Waals surface area contributed by atoms with E-state index in [1.54, 1.807) is 0 Å². The third-order valence-corrected chi connectivity index (χ3v) is 3.43. The second-order valence-electron chi connectivity index (χ2n) is 3.23. The Hall–Kier alpha value is -0.780. The van der Waals surface area contributed by atoms with E-state index in [-0.39, 0.29) is 6.04 Å². The van der Waals surface area contributed by atoms with Crippen LogP contribution in [-0.2, 0) is 13.0 Å². The van der Waals surface area contributed by atoms with Crippen molar-refractivity contribution >= 4 is 11.3 Å². The summed E-state index contributed by atoms with van der Waals surface area (Å²) >= 11 is 1.86. The molecule has 0 saturated carbocycles. The monoisotopic (exact) mass is 207 g/mol. The van der Waals surface area contributed by atoms with Crippen LogP contribution in [0.15, 0.2) is 12.1 Å². The Morgan fingerprint density at radius 2 is 2.14 bits per heavy atom. The first-order valence-electron chi connectivity index (χ1n) is 5.07. The predicted molar refractivity (Wildman–Crippen MR) is 63.4 cm³/mol. The van der Waals surface area contributed by atoms with Crippen LogP contribution in [0.25, 0.3) is 0 Å². The highest BCUT2D eigenvalue weighted by Gasteiger charge is 2.02. The molecule has 76 valence electrons. The maximum Gasteiger partial charge on any atom is 0.0687 e. The summed E-state index contributed by atoms with van der Waals surface area (Å²) in [4.78, 5) is 2.81. The van der Waals surface area contributed by atoms with Gasteiger partial charge in [0.05, 0.1) is 6.04 Å². The lowest BCUT2D eigenvalue weighted by atomic mass is 10.2. The molecule has 0 aromatic carbocycles. The summed E-state index contributed by atoms with van der Waals surface area (Å²) in [5.74, 6) is 2.74. The second kappa shape index (κ2) is 5.85. The molecule has 0 amide bonds. The Bertz CT molecular complexity index is 308. The number of hydrogen-bond donors (Lipinski definition) is 1. The van der Waals surface area contributed by atoms with E-state index in [1.807, 2.05) is 11.3 Å². The molecule has 1 heterocycles. The van der Waals surface area contributed by atoms with Gasteiger partial charge in [0, 0.05) is 16.3 Å². The molecule has 1 N–H and O–H groups in total. The molecule has 14 heavy (non-hydrogen) atoms. The minimum absolute atomic E-state index is 0.210. The van der Waals surface area contributed by atoms with Crippen molar-refractivity contribution in [3.8, 4) is 12.3 Å². The summed E-state index contributed by atoms with van der Waals surface area (Å²) < 4.78 is 0. The second-order valence-corrected chi connectivity index (χ2v) is 4.48.